The van der Waals surface area contributed by atoms with Gasteiger partial charge in [0.2, 0.25) is 0 Å². The van der Waals surface area contributed by atoms with Crippen LogP contribution in [-0.4, -0.2) is 30.5 Å². The molecule has 0 saturated heterocycles. The molecule has 0 bridgehead atoms. The summed E-state index contributed by atoms with van der Waals surface area (Å²) in [5, 5.41) is 2.14. The molecule has 0 amide bonds. The molecule has 0 atom stereocenters. The molecule has 2 aromatic rings. The van der Waals surface area contributed by atoms with Gasteiger partial charge in [-0.1, -0.05) is 18.2 Å². The molecule has 7 heteroatoms. The number of para-hydroxylation sites is 1. The second-order valence-electron chi connectivity index (χ2n) is 4.99. The van der Waals surface area contributed by atoms with Crippen LogP contribution in [0, 0.1) is 0 Å². The summed E-state index contributed by atoms with van der Waals surface area (Å²) in [4.78, 5) is 3.73. The van der Waals surface area contributed by atoms with Crippen molar-refractivity contribution in [1.29, 1.82) is 0 Å². The first-order chi connectivity index (χ1) is 10.3. The van der Waals surface area contributed by atoms with Crippen LogP contribution in [0.4, 0.5) is 11.4 Å². The summed E-state index contributed by atoms with van der Waals surface area (Å²) in [7, 11) is -2.17. The molecule has 1 aromatic heterocycles. The predicted octanol–water partition coefficient (Wildman–Crippen LogP) is 2.81. The van der Waals surface area contributed by atoms with E-state index in [0.29, 0.717) is 6.54 Å². The Morgan fingerprint density at radius 2 is 1.95 bits per heavy atom. The zero-order valence-corrected chi connectivity index (χ0v) is 14.9. The second kappa shape index (κ2) is 8.14. The first-order valence-electron chi connectivity index (χ1n) is 7.00. The maximum absolute atomic E-state index is 10.5. The molecule has 0 unspecified atom stereocenters. The minimum Gasteiger partial charge on any atom is -0.409 e. The SMILES string of the molecule is O=[S-](=O)NCCCN1c2ccccc2CCc2sccc21.[Al+]. The molecule has 0 aliphatic carbocycles. The van der Waals surface area contributed by atoms with E-state index in [0.717, 1.165) is 25.8 Å². The van der Waals surface area contributed by atoms with E-state index in [1.54, 1.807) is 11.3 Å². The molecule has 1 aliphatic heterocycles. The summed E-state index contributed by atoms with van der Waals surface area (Å²) >= 11 is 1.80. The van der Waals surface area contributed by atoms with Crippen LogP contribution in [-0.2, 0) is 32.1 Å². The molecule has 0 saturated carbocycles. The molecule has 1 N–H and O–H groups in total. The van der Waals surface area contributed by atoms with Crippen molar-refractivity contribution < 1.29 is 8.42 Å². The van der Waals surface area contributed by atoms with Gasteiger partial charge in [-0.25, -0.2) is 0 Å². The van der Waals surface area contributed by atoms with Crippen LogP contribution >= 0.6 is 11.3 Å². The third kappa shape index (κ3) is 3.92. The van der Waals surface area contributed by atoms with E-state index in [-0.39, 0.29) is 17.4 Å². The van der Waals surface area contributed by atoms with Crippen LogP contribution in [0.3, 0.4) is 0 Å². The normalized spacial score (nSPS) is 13.2. The number of aryl methyl sites for hydroxylation is 2. The standard InChI is InChI=1S/C15H17N2O2S2.Al/c18-21(19)16-9-3-10-17-13-5-2-1-4-12(13)6-7-15-14(17)8-11-20-15;/h1-2,4-5,8,11H,3,6-7,9-10H2,(H,16,18,19);/q-1;+1. The van der Waals surface area contributed by atoms with Gasteiger partial charge in [0.25, 0.3) is 0 Å². The molecular weight excluding hydrogens is 331 g/mol. The van der Waals surface area contributed by atoms with Crippen molar-refractivity contribution in [2.75, 3.05) is 18.0 Å². The number of thiophene rings is 1. The van der Waals surface area contributed by atoms with Gasteiger partial charge in [-0.3, -0.25) is 0 Å². The first kappa shape index (κ1) is 17.5. The Labute approximate surface area is 147 Å². The average molecular weight is 348 g/mol. The molecular formula is C15H17AlN2O2S2. The fourth-order valence-electron chi connectivity index (χ4n) is 2.76. The molecule has 114 valence electrons. The van der Waals surface area contributed by atoms with Gasteiger partial charge in [-0.15, -0.1) is 11.3 Å². The van der Waals surface area contributed by atoms with Crippen LogP contribution in [0.5, 0.6) is 0 Å². The largest absolute Gasteiger partial charge is 1.00 e. The third-order valence-corrected chi connectivity index (χ3v) is 5.10. The summed E-state index contributed by atoms with van der Waals surface area (Å²) in [6, 6.07) is 10.7. The van der Waals surface area contributed by atoms with E-state index in [1.165, 1.54) is 21.8 Å². The molecule has 0 fully saturated rings. The topological polar surface area (TPSA) is 49.4 Å². The Morgan fingerprint density at radius 3 is 2.77 bits per heavy atom. The van der Waals surface area contributed by atoms with Crippen molar-refractivity contribution >= 4 is 51.0 Å². The number of nitrogens with zero attached hydrogens (tertiary/aromatic N) is 1. The predicted molar refractivity (Wildman–Crippen MR) is 92.3 cm³/mol. The van der Waals surface area contributed by atoms with Crippen molar-refractivity contribution in [3.8, 4) is 0 Å². The minimum absolute atomic E-state index is 0. The minimum atomic E-state index is -2.17. The van der Waals surface area contributed by atoms with Gasteiger partial charge in [0.1, 0.15) is 0 Å². The van der Waals surface area contributed by atoms with Gasteiger partial charge >= 0.3 is 17.4 Å². The van der Waals surface area contributed by atoms with Crippen molar-refractivity contribution in [2.24, 2.45) is 0 Å². The van der Waals surface area contributed by atoms with Crippen molar-refractivity contribution in [3.05, 3.63) is 46.2 Å². The number of benzene rings is 1. The van der Waals surface area contributed by atoms with Gasteiger partial charge < -0.3 is 18.0 Å². The van der Waals surface area contributed by atoms with E-state index in [2.05, 4.69) is 45.3 Å². The van der Waals surface area contributed by atoms with Gasteiger partial charge in [0, 0.05) is 17.1 Å². The summed E-state index contributed by atoms with van der Waals surface area (Å²) in [6.07, 6.45) is 2.91. The monoisotopic (exact) mass is 348 g/mol. The van der Waals surface area contributed by atoms with Crippen molar-refractivity contribution in [3.63, 3.8) is 0 Å². The zero-order chi connectivity index (χ0) is 14.7. The Hall–Kier alpha value is -0.838. The summed E-state index contributed by atoms with van der Waals surface area (Å²) in [5.74, 6) is 0. The number of nitrogens with one attached hydrogen (secondary N) is 1. The molecule has 1 aliphatic rings. The van der Waals surface area contributed by atoms with Crippen LogP contribution in [0.15, 0.2) is 35.7 Å². The quantitative estimate of drug-likeness (QED) is 0.514. The number of hydrogen-bond acceptors (Lipinski definition) is 5. The maximum Gasteiger partial charge on any atom is 1.00 e. The van der Waals surface area contributed by atoms with Gasteiger partial charge in [-0.05, 0) is 59.8 Å². The summed E-state index contributed by atoms with van der Waals surface area (Å²) in [6.45, 7) is 1.28. The Morgan fingerprint density at radius 1 is 1.14 bits per heavy atom. The van der Waals surface area contributed by atoms with E-state index in [1.807, 2.05) is 0 Å². The van der Waals surface area contributed by atoms with Crippen LogP contribution in [0.2, 0.25) is 0 Å². The zero-order valence-electron chi connectivity index (χ0n) is 12.2. The average Bonchev–Trinajstić information content (AvgIpc) is 2.88. The first-order valence-corrected chi connectivity index (χ1v) is 8.96. The van der Waals surface area contributed by atoms with E-state index < -0.39 is 10.9 Å². The molecule has 0 spiro atoms. The number of fused-ring (bicyclic) bond motifs is 2. The molecule has 2 heterocycles. The molecule has 1 aromatic carbocycles. The Bertz CT molecular complexity index is 692. The van der Waals surface area contributed by atoms with Gasteiger partial charge in [0.05, 0.1) is 5.69 Å². The fraction of sp³-hybridized carbons (Fsp3) is 0.333. The Balaban J connectivity index is 0.00000176. The Kier molecular flexibility index (Phi) is 6.48. The third-order valence-electron chi connectivity index (χ3n) is 3.69. The number of hydrogen-bond donors (Lipinski definition) is 1. The molecule has 3 rings (SSSR count). The van der Waals surface area contributed by atoms with E-state index in [4.69, 9.17) is 0 Å². The fourth-order valence-corrected chi connectivity index (χ4v) is 3.95. The second-order valence-corrected chi connectivity index (χ2v) is 6.75. The number of rotatable bonds is 5. The van der Waals surface area contributed by atoms with E-state index >= 15 is 0 Å². The summed E-state index contributed by atoms with van der Waals surface area (Å²) in [5.41, 5.74) is 3.88. The maximum atomic E-state index is 10.5. The van der Waals surface area contributed by atoms with Crippen molar-refractivity contribution in [2.45, 2.75) is 19.3 Å². The van der Waals surface area contributed by atoms with Crippen LogP contribution in [0.1, 0.15) is 16.9 Å². The summed E-state index contributed by atoms with van der Waals surface area (Å²) < 4.78 is 23.5. The van der Waals surface area contributed by atoms with Gasteiger partial charge in [-0.2, -0.15) is 0 Å². The molecule has 2 radical (unpaired) electrons. The van der Waals surface area contributed by atoms with Gasteiger partial charge in [0.15, 0.2) is 0 Å². The molecule has 4 nitrogen and oxygen atoms in total. The van der Waals surface area contributed by atoms with Crippen LogP contribution in [0.25, 0.3) is 0 Å². The number of anilines is 2. The van der Waals surface area contributed by atoms with Crippen molar-refractivity contribution in [1.82, 2.24) is 4.72 Å². The molecule has 22 heavy (non-hydrogen) atoms. The van der Waals surface area contributed by atoms with Crippen LogP contribution < -0.4 is 9.62 Å². The smallest absolute Gasteiger partial charge is 0.409 e. The van der Waals surface area contributed by atoms with E-state index in [9.17, 15) is 8.42 Å².